The Morgan fingerprint density at radius 3 is 2.31 bits per heavy atom. The summed E-state index contributed by atoms with van der Waals surface area (Å²) in [4.78, 5) is 12.8. The number of halogens is 1. The Kier molecular flexibility index (Phi) is 5.92. The van der Waals surface area contributed by atoms with Gasteiger partial charge in [-0.15, -0.1) is 10.2 Å². The molecule has 1 atom stereocenters. The van der Waals surface area contributed by atoms with E-state index < -0.39 is 0 Å². The quantitative estimate of drug-likeness (QED) is 0.257. The van der Waals surface area contributed by atoms with E-state index >= 15 is 0 Å². The van der Waals surface area contributed by atoms with Gasteiger partial charge >= 0.3 is 0 Å². The van der Waals surface area contributed by atoms with Gasteiger partial charge in [0.2, 0.25) is 0 Å². The second-order valence-electron chi connectivity index (χ2n) is 6.48. The Labute approximate surface area is 182 Å². The molecule has 4 aromatic rings. The third kappa shape index (κ3) is 4.33. The molecular weight excluding hydrogens is 446 g/mol. The molecule has 0 fully saturated rings. The Morgan fingerprint density at radius 1 is 0.931 bits per heavy atom. The lowest BCUT2D eigenvalue weighted by Crippen LogP contribution is -2.14. The first-order valence-electron chi connectivity index (χ1n) is 9.16. The van der Waals surface area contributed by atoms with Crippen LogP contribution in [0.25, 0.3) is 17.1 Å². The Hall–Kier alpha value is -2.70. The van der Waals surface area contributed by atoms with Crippen LogP contribution in [0.5, 0.6) is 0 Å². The van der Waals surface area contributed by atoms with E-state index in [0.29, 0.717) is 10.7 Å². The molecule has 0 amide bonds. The van der Waals surface area contributed by atoms with Crippen LogP contribution >= 0.6 is 27.7 Å². The van der Waals surface area contributed by atoms with Crippen LogP contribution in [0.4, 0.5) is 0 Å². The molecule has 3 aromatic carbocycles. The van der Waals surface area contributed by atoms with Crippen molar-refractivity contribution in [3.05, 3.63) is 95.0 Å². The van der Waals surface area contributed by atoms with Gasteiger partial charge in [-0.05, 0) is 31.2 Å². The van der Waals surface area contributed by atoms with Crippen LogP contribution in [-0.2, 0) is 0 Å². The minimum absolute atomic E-state index is 0.0715. The number of rotatable bonds is 6. The van der Waals surface area contributed by atoms with Crippen molar-refractivity contribution in [2.45, 2.75) is 17.3 Å². The number of thioether (sulfide) groups is 1. The van der Waals surface area contributed by atoms with Gasteiger partial charge in [0.25, 0.3) is 0 Å². The lowest BCUT2D eigenvalue weighted by atomic mass is 10.1. The monoisotopic (exact) mass is 463 g/mol. The number of aromatic nitrogens is 3. The van der Waals surface area contributed by atoms with Crippen LogP contribution in [-0.4, -0.2) is 25.8 Å². The molecule has 0 saturated carbocycles. The highest BCUT2D eigenvalue weighted by atomic mass is 79.9. The number of ketones is 1. The first-order chi connectivity index (χ1) is 14.1. The standard InChI is InChI=1S/C23H18BrN3OS/c1-16(21(28)17-9-4-2-5-10-17)29-23-26-25-22(18-11-8-12-19(24)15-18)27(23)20-13-6-3-7-14-20/h2-16H,1H3/t16-/m1/s1. The van der Waals surface area contributed by atoms with Crippen molar-refractivity contribution < 1.29 is 4.79 Å². The van der Waals surface area contributed by atoms with Crippen molar-refractivity contribution in [1.29, 1.82) is 0 Å². The van der Waals surface area contributed by atoms with Crippen LogP contribution in [0.3, 0.4) is 0 Å². The van der Waals surface area contributed by atoms with Crippen molar-refractivity contribution >= 4 is 33.5 Å². The molecule has 144 valence electrons. The summed E-state index contributed by atoms with van der Waals surface area (Å²) in [5, 5.41) is 9.26. The third-order valence-electron chi connectivity index (χ3n) is 4.44. The first kappa shape index (κ1) is 19.6. The van der Waals surface area contributed by atoms with Crippen LogP contribution in [0.1, 0.15) is 17.3 Å². The van der Waals surface area contributed by atoms with Gasteiger partial charge in [0, 0.05) is 21.3 Å². The van der Waals surface area contributed by atoms with Crippen LogP contribution in [0.2, 0.25) is 0 Å². The second-order valence-corrected chi connectivity index (χ2v) is 8.70. The minimum atomic E-state index is -0.292. The molecule has 0 saturated heterocycles. The summed E-state index contributed by atoms with van der Waals surface area (Å²) in [7, 11) is 0. The molecule has 4 rings (SSSR count). The number of nitrogens with zero attached hydrogens (tertiary/aromatic N) is 3. The largest absolute Gasteiger partial charge is 0.293 e. The van der Waals surface area contributed by atoms with E-state index in [4.69, 9.17) is 0 Å². The number of carbonyl (C=O) groups excluding carboxylic acids is 1. The lowest BCUT2D eigenvalue weighted by Gasteiger charge is -2.13. The predicted octanol–water partition coefficient (Wildman–Crippen LogP) is 6.06. The molecule has 0 aliphatic heterocycles. The average molecular weight is 464 g/mol. The van der Waals surface area contributed by atoms with Gasteiger partial charge in [0.1, 0.15) is 0 Å². The molecule has 1 heterocycles. The number of benzene rings is 3. The van der Waals surface area contributed by atoms with E-state index in [9.17, 15) is 4.79 Å². The van der Waals surface area contributed by atoms with Gasteiger partial charge in [-0.3, -0.25) is 9.36 Å². The number of hydrogen-bond donors (Lipinski definition) is 0. The zero-order chi connectivity index (χ0) is 20.2. The fraction of sp³-hybridized carbons (Fsp3) is 0.0870. The van der Waals surface area contributed by atoms with Crippen molar-refractivity contribution in [3.63, 3.8) is 0 Å². The van der Waals surface area contributed by atoms with Gasteiger partial charge in [-0.1, -0.05) is 88.4 Å². The summed E-state index contributed by atoms with van der Waals surface area (Å²) < 4.78 is 2.97. The highest BCUT2D eigenvalue weighted by molar-refractivity contribution is 9.10. The predicted molar refractivity (Wildman–Crippen MR) is 121 cm³/mol. The topological polar surface area (TPSA) is 47.8 Å². The molecule has 0 aliphatic rings. The normalized spacial score (nSPS) is 11.9. The molecular formula is C23H18BrN3OS. The molecule has 0 radical (unpaired) electrons. The first-order valence-corrected chi connectivity index (χ1v) is 10.8. The summed E-state index contributed by atoms with van der Waals surface area (Å²) in [6, 6.07) is 27.3. The zero-order valence-electron chi connectivity index (χ0n) is 15.7. The van der Waals surface area contributed by atoms with E-state index in [-0.39, 0.29) is 11.0 Å². The molecule has 0 spiro atoms. The van der Waals surface area contributed by atoms with Crippen molar-refractivity contribution in [3.8, 4) is 17.1 Å². The molecule has 4 nitrogen and oxygen atoms in total. The fourth-order valence-corrected chi connectivity index (χ4v) is 4.36. The zero-order valence-corrected chi connectivity index (χ0v) is 18.1. The van der Waals surface area contributed by atoms with E-state index in [1.807, 2.05) is 96.4 Å². The number of Topliss-reactive ketones (excluding diaryl/α,β-unsaturated/α-hetero) is 1. The number of hydrogen-bond acceptors (Lipinski definition) is 4. The maximum Gasteiger partial charge on any atom is 0.196 e. The molecule has 0 unspecified atom stereocenters. The summed E-state index contributed by atoms with van der Waals surface area (Å²) in [6.45, 7) is 1.91. The van der Waals surface area contributed by atoms with Crippen molar-refractivity contribution in [2.75, 3.05) is 0 Å². The summed E-state index contributed by atoms with van der Waals surface area (Å²) >= 11 is 4.94. The van der Waals surface area contributed by atoms with Gasteiger partial charge in [-0.2, -0.15) is 0 Å². The van der Waals surface area contributed by atoms with E-state index in [0.717, 1.165) is 21.5 Å². The highest BCUT2D eigenvalue weighted by Crippen LogP contribution is 2.32. The molecule has 6 heteroatoms. The number of carbonyl (C=O) groups is 1. The Balaban J connectivity index is 1.73. The average Bonchev–Trinajstić information content (AvgIpc) is 3.18. The fourth-order valence-electron chi connectivity index (χ4n) is 3.02. The molecule has 29 heavy (non-hydrogen) atoms. The molecule has 1 aromatic heterocycles. The van der Waals surface area contributed by atoms with Crippen LogP contribution < -0.4 is 0 Å². The Morgan fingerprint density at radius 2 is 1.62 bits per heavy atom. The lowest BCUT2D eigenvalue weighted by molar-refractivity contribution is 0.0994. The van der Waals surface area contributed by atoms with Crippen molar-refractivity contribution in [1.82, 2.24) is 14.8 Å². The molecule has 0 N–H and O–H groups in total. The number of para-hydroxylation sites is 1. The SMILES string of the molecule is C[C@@H](Sc1nnc(-c2cccc(Br)c2)n1-c1ccccc1)C(=O)c1ccccc1. The van der Waals surface area contributed by atoms with Crippen LogP contribution in [0, 0.1) is 0 Å². The minimum Gasteiger partial charge on any atom is -0.293 e. The van der Waals surface area contributed by atoms with Crippen LogP contribution in [0.15, 0.2) is 94.6 Å². The molecule has 0 aliphatic carbocycles. The second kappa shape index (κ2) is 8.76. The summed E-state index contributed by atoms with van der Waals surface area (Å²) in [5.41, 5.74) is 2.60. The Bertz CT molecular complexity index is 1130. The van der Waals surface area contributed by atoms with Crippen molar-refractivity contribution in [2.24, 2.45) is 0 Å². The van der Waals surface area contributed by atoms with Gasteiger partial charge < -0.3 is 0 Å². The van der Waals surface area contributed by atoms with Gasteiger partial charge in [0.15, 0.2) is 16.8 Å². The summed E-state index contributed by atoms with van der Waals surface area (Å²) in [6.07, 6.45) is 0. The third-order valence-corrected chi connectivity index (χ3v) is 5.98. The van der Waals surface area contributed by atoms with E-state index in [2.05, 4.69) is 26.1 Å². The highest BCUT2D eigenvalue weighted by Gasteiger charge is 2.22. The smallest absolute Gasteiger partial charge is 0.196 e. The van der Waals surface area contributed by atoms with E-state index in [1.54, 1.807) is 0 Å². The van der Waals surface area contributed by atoms with Gasteiger partial charge in [-0.25, -0.2) is 0 Å². The van der Waals surface area contributed by atoms with E-state index in [1.165, 1.54) is 11.8 Å². The maximum atomic E-state index is 12.8. The molecule has 0 bridgehead atoms. The van der Waals surface area contributed by atoms with Gasteiger partial charge in [0.05, 0.1) is 5.25 Å². The summed E-state index contributed by atoms with van der Waals surface area (Å²) in [5.74, 6) is 0.807. The maximum absolute atomic E-state index is 12.8.